The first-order valence-electron chi connectivity index (χ1n) is 4.95. The number of hydrogen-bond acceptors (Lipinski definition) is 4. The van der Waals surface area contributed by atoms with E-state index in [2.05, 4.69) is 15.4 Å². The highest BCUT2D eigenvalue weighted by molar-refractivity contribution is 7.88. The van der Waals surface area contributed by atoms with Crippen molar-refractivity contribution in [2.45, 2.75) is 18.9 Å². The lowest BCUT2D eigenvalue weighted by atomic mass is 10.2. The molecule has 0 aromatic heterocycles. The number of hydrogen-bond donors (Lipinski definition) is 3. The molecule has 1 aliphatic rings. The van der Waals surface area contributed by atoms with Gasteiger partial charge in [-0.25, -0.2) is 13.1 Å². The maximum atomic E-state index is 11.4. The summed E-state index contributed by atoms with van der Waals surface area (Å²) in [6, 6.07) is -0.108. The van der Waals surface area contributed by atoms with Gasteiger partial charge in [-0.2, -0.15) is 0 Å². The van der Waals surface area contributed by atoms with Crippen molar-refractivity contribution in [2.24, 2.45) is 0 Å². The summed E-state index contributed by atoms with van der Waals surface area (Å²) in [7, 11) is -3.16. The number of amides is 1. The smallest absolute Gasteiger partial charge is 0.237 e. The summed E-state index contributed by atoms with van der Waals surface area (Å²) in [6.45, 7) is 1.43. The van der Waals surface area contributed by atoms with Gasteiger partial charge in [0.05, 0.1) is 12.3 Å². The Morgan fingerprint density at radius 1 is 1.44 bits per heavy atom. The first-order chi connectivity index (χ1) is 6.99. The van der Waals surface area contributed by atoms with Gasteiger partial charge >= 0.3 is 0 Å². The first-order valence-corrected chi connectivity index (χ1v) is 6.84. The predicted molar refractivity (Wildman–Crippen MR) is 64.1 cm³/mol. The van der Waals surface area contributed by atoms with Crippen molar-refractivity contribution >= 4 is 28.3 Å². The van der Waals surface area contributed by atoms with E-state index in [1.54, 1.807) is 0 Å². The second kappa shape index (κ2) is 7.05. The van der Waals surface area contributed by atoms with Crippen molar-refractivity contribution in [3.8, 4) is 0 Å². The van der Waals surface area contributed by atoms with E-state index in [-0.39, 0.29) is 30.9 Å². The molecule has 16 heavy (non-hydrogen) atoms. The Morgan fingerprint density at radius 2 is 2.12 bits per heavy atom. The van der Waals surface area contributed by atoms with E-state index < -0.39 is 10.0 Å². The third-order valence-electron chi connectivity index (χ3n) is 2.17. The number of carbonyl (C=O) groups excluding carboxylic acids is 1. The molecule has 1 heterocycles. The van der Waals surface area contributed by atoms with Gasteiger partial charge in [-0.3, -0.25) is 4.79 Å². The predicted octanol–water partition coefficient (Wildman–Crippen LogP) is -1.17. The molecule has 1 saturated heterocycles. The van der Waals surface area contributed by atoms with Gasteiger partial charge in [0.1, 0.15) is 0 Å². The number of carbonyl (C=O) groups is 1. The maximum absolute atomic E-state index is 11.4. The third kappa shape index (κ3) is 6.26. The van der Waals surface area contributed by atoms with Crippen LogP contribution >= 0.6 is 12.4 Å². The molecule has 0 radical (unpaired) electrons. The van der Waals surface area contributed by atoms with Gasteiger partial charge in [0.15, 0.2) is 0 Å². The van der Waals surface area contributed by atoms with Crippen LogP contribution in [0, 0.1) is 0 Å². The molecule has 6 nitrogen and oxygen atoms in total. The van der Waals surface area contributed by atoms with Crippen LogP contribution in [0.1, 0.15) is 12.8 Å². The lowest BCUT2D eigenvalue weighted by molar-refractivity contribution is -0.122. The molecule has 0 aromatic carbocycles. The van der Waals surface area contributed by atoms with Gasteiger partial charge in [0, 0.05) is 13.1 Å². The van der Waals surface area contributed by atoms with Gasteiger partial charge < -0.3 is 10.6 Å². The summed E-state index contributed by atoms with van der Waals surface area (Å²) in [6.07, 6.45) is 2.96. The molecular weight excluding hydrogens is 254 g/mol. The number of halogens is 1. The fourth-order valence-electron chi connectivity index (χ4n) is 1.45. The molecule has 0 bridgehead atoms. The zero-order chi connectivity index (χ0) is 11.3. The molecule has 0 saturated carbocycles. The Morgan fingerprint density at radius 3 is 2.62 bits per heavy atom. The van der Waals surface area contributed by atoms with Crippen LogP contribution in [0.5, 0.6) is 0 Å². The molecule has 1 aliphatic heterocycles. The van der Waals surface area contributed by atoms with Crippen molar-refractivity contribution in [3.63, 3.8) is 0 Å². The fourth-order valence-corrected chi connectivity index (χ4v) is 1.93. The minimum Gasteiger partial charge on any atom is -0.353 e. The van der Waals surface area contributed by atoms with E-state index in [0.717, 1.165) is 25.6 Å². The lowest BCUT2D eigenvalue weighted by Gasteiger charge is -2.10. The lowest BCUT2D eigenvalue weighted by Crippen LogP contribution is -2.43. The SMILES string of the molecule is CS(=O)(=O)NCCNC(=O)[C@@H]1CCCN1.Cl. The molecular formula is C8H18ClN3O3S. The van der Waals surface area contributed by atoms with Crippen LogP contribution < -0.4 is 15.4 Å². The third-order valence-corrected chi connectivity index (χ3v) is 2.89. The molecule has 1 amide bonds. The molecule has 0 aliphatic carbocycles. The molecule has 0 aromatic rings. The maximum Gasteiger partial charge on any atom is 0.237 e. The molecule has 3 N–H and O–H groups in total. The van der Waals surface area contributed by atoms with Crippen LogP contribution in [-0.2, 0) is 14.8 Å². The standard InChI is InChI=1S/C8H17N3O3S.ClH/c1-15(13,14)11-6-5-10-8(12)7-3-2-4-9-7;/h7,9,11H,2-6H2,1H3,(H,10,12);1H/t7-;/m0./s1. The van der Waals surface area contributed by atoms with Crippen LogP contribution in [0.2, 0.25) is 0 Å². The summed E-state index contributed by atoms with van der Waals surface area (Å²) in [5.41, 5.74) is 0. The Hall–Kier alpha value is -0.370. The van der Waals surface area contributed by atoms with Crippen molar-refractivity contribution in [1.82, 2.24) is 15.4 Å². The van der Waals surface area contributed by atoms with Crippen LogP contribution in [0.25, 0.3) is 0 Å². The topological polar surface area (TPSA) is 87.3 Å². The zero-order valence-electron chi connectivity index (χ0n) is 9.15. The van der Waals surface area contributed by atoms with Gasteiger partial charge in [0.2, 0.25) is 15.9 Å². The average Bonchev–Trinajstić information content (AvgIpc) is 2.63. The minimum atomic E-state index is -3.16. The Bertz CT molecular complexity index is 314. The van der Waals surface area contributed by atoms with Gasteiger partial charge in [-0.15, -0.1) is 12.4 Å². The first kappa shape index (κ1) is 15.6. The second-order valence-electron chi connectivity index (χ2n) is 3.61. The van der Waals surface area contributed by atoms with Crippen LogP contribution in [-0.4, -0.2) is 46.3 Å². The zero-order valence-corrected chi connectivity index (χ0v) is 10.8. The Labute approximate surface area is 102 Å². The molecule has 1 rings (SSSR count). The van der Waals surface area contributed by atoms with Crippen molar-refractivity contribution in [3.05, 3.63) is 0 Å². The Kier molecular flexibility index (Phi) is 6.89. The van der Waals surface area contributed by atoms with Crippen molar-refractivity contribution in [2.75, 3.05) is 25.9 Å². The van der Waals surface area contributed by atoms with Gasteiger partial charge in [0.25, 0.3) is 0 Å². The molecule has 0 unspecified atom stereocenters. The van der Waals surface area contributed by atoms with Crippen molar-refractivity contribution in [1.29, 1.82) is 0 Å². The van der Waals surface area contributed by atoms with E-state index in [1.807, 2.05) is 0 Å². The summed E-state index contributed by atoms with van der Waals surface area (Å²) in [5, 5.41) is 5.73. The van der Waals surface area contributed by atoms with Crippen LogP contribution in [0.3, 0.4) is 0 Å². The van der Waals surface area contributed by atoms with E-state index >= 15 is 0 Å². The molecule has 8 heteroatoms. The normalized spacial score (nSPS) is 20.2. The molecule has 1 atom stereocenters. The van der Waals surface area contributed by atoms with Crippen LogP contribution in [0.4, 0.5) is 0 Å². The van der Waals surface area contributed by atoms with Crippen molar-refractivity contribution < 1.29 is 13.2 Å². The Balaban J connectivity index is 0.00000225. The summed E-state index contributed by atoms with van der Waals surface area (Å²) in [4.78, 5) is 11.4. The van der Waals surface area contributed by atoms with Gasteiger partial charge in [-0.05, 0) is 19.4 Å². The van der Waals surface area contributed by atoms with E-state index in [1.165, 1.54) is 0 Å². The summed E-state index contributed by atoms with van der Waals surface area (Å²) in [5.74, 6) is -0.0530. The molecule has 96 valence electrons. The number of sulfonamides is 1. The highest BCUT2D eigenvalue weighted by Crippen LogP contribution is 2.03. The second-order valence-corrected chi connectivity index (χ2v) is 5.44. The molecule has 0 spiro atoms. The fraction of sp³-hybridized carbons (Fsp3) is 0.875. The molecule has 1 fully saturated rings. The number of rotatable bonds is 5. The summed E-state index contributed by atoms with van der Waals surface area (Å²) < 4.78 is 23.7. The minimum absolute atomic E-state index is 0. The van der Waals surface area contributed by atoms with E-state index in [0.29, 0.717) is 6.54 Å². The largest absolute Gasteiger partial charge is 0.353 e. The quantitative estimate of drug-likeness (QED) is 0.550. The number of nitrogens with one attached hydrogen (secondary N) is 3. The summed E-state index contributed by atoms with van der Waals surface area (Å²) >= 11 is 0. The van der Waals surface area contributed by atoms with E-state index in [9.17, 15) is 13.2 Å². The average molecular weight is 272 g/mol. The van der Waals surface area contributed by atoms with Gasteiger partial charge in [-0.1, -0.05) is 0 Å². The van der Waals surface area contributed by atoms with E-state index in [4.69, 9.17) is 0 Å². The highest BCUT2D eigenvalue weighted by Gasteiger charge is 2.21. The highest BCUT2D eigenvalue weighted by atomic mass is 35.5. The monoisotopic (exact) mass is 271 g/mol. The van der Waals surface area contributed by atoms with Crippen LogP contribution in [0.15, 0.2) is 0 Å².